The predicted molar refractivity (Wildman–Crippen MR) is 104 cm³/mol. The normalized spacial score (nSPS) is 9.15. The first-order chi connectivity index (χ1) is 12.5. The van der Waals surface area contributed by atoms with E-state index in [1.165, 1.54) is 0 Å². The molecule has 0 fully saturated rings. The Kier molecular flexibility index (Phi) is 12.2. The number of methoxy groups -OCH3 is 1. The topological polar surface area (TPSA) is 123 Å². The molecule has 0 atom stereocenters. The average Bonchev–Trinajstić information content (AvgIpc) is 2.68. The van der Waals surface area contributed by atoms with Crippen molar-refractivity contribution in [3.8, 4) is 5.88 Å². The maximum Gasteiger partial charge on any atom is 0.213 e. The van der Waals surface area contributed by atoms with Gasteiger partial charge in [-0.2, -0.15) is 0 Å². The van der Waals surface area contributed by atoms with Crippen LogP contribution in [0.1, 0.15) is 37.4 Å². The monoisotopic (exact) mass is 360 g/mol. The van der Waals surface area contributed by atoms with E-state index in [1.54, 1.807) is 33.1 Å². The molecular weight excluding hydrogens is 332 g/mol. The molecule has 2 aromatic rings. The zero-order valence-electron chi connectivity index (χ0n) is 15.8. The molecule has 0 amide bonds. The van der Waals surface area contributed by atoms with Crippen LogP contribution in [-0.2, 0) is 6.42 Å². The summed E-state index contributed by atoms with van der Waals surface area (Å²) >= 11 is 0. The summed E-state index contributed by atoms with van der Waals surface area (Å²) < 4.78 is 4.90. The highest BCUT2D eigenvalue weighted by atomic mass is 16.5. The van der Waals surface area contributed by atoms with Gasteiger partial charge in [0.25, 0.3) is 0 Å². The lowest BCUT2D eigenvalue weighted by Crippen LogP contribution is -2.00. The number of aliphatic hydroxyl groups is 2. The molecule has 142 valence electrons. The Hall–Kier alpha value is -2.64. The number of aliphatic hydroxyl groups excluding tert-OH is 2. The number of aromatic nitrogens is 2. The lowest BCUT2D eigenvalue weighted by molar-refractivity contribution is 0.288. The Morgan fingerprint density at radius 3 is 2.00 bits per heavy atom. The zero-order chi connectivity index (χ0) is 19.9. The van der Waals surface area contributed by atoms with Gasteiger partial charge in [0.1, 0.15) is 0 Å². The Morgan fingerprint density at radius 1 is 0.962 bits per heavy atom. The first-order valence-electron chi connectivity index (χ1n) is 8.11. The predicted octanol–water partition coefficient (Wildman–Crippen LogP) is 2.48. The molecule has 0 saturated carbocycles. The van der Waals surface area contributed by atoms with Crippen LogP contribution in [0.15, 0.2) is 36.4 Å². The molecule has 0 aromatic carbocycles. The maximum atomic E-state index is 8.64. The summed E-state index contributed by atoms with van der Waals surface area (Å²) in [6, 6.07) is 11.0. The van der Waals surface area contributed by atoms with E-state index in [1.807, 2.05) is 24.3 Å². The van der Waals surface area contributed by atoms with E-state index < -0.39 is 0 Å². The molecule has 2 aromatic heterocycles. The van der Waals surface area contributed by atoms with Crippen LogP contribution in [0.4, 0.5) is 0 Å². The number of nitrogens with zero attached hydrogens (tertiary/aromatic N) is 2. The molecule has 0 spiro atoms. The van der Waals surface area contributed by atoms with Gasteiger partial charge in [-0.3, -0.25) is 4.98 Å². The van der Waals surface area contributed by atoms with Crippen molar-refractivity contribution in [2.24, 2.45) is 0 Å². The SMILES string of the molecule is CC(=N)c1cccc(CCCO)n1.CO.COc1cccc(C(C)=N)n1. The number of ether oxygens (including phenoxy) is 1. The minimum absolute atomic E-state index is 0.190. The summed E-state index contributed by atoms with van der Waals surface area (Å²) in [6.07, 6.45) is 1.51. The Labute approximate surface area is 154 Å². The van der Waals surface area contributed by atoms with Gasteiger partial charge in [0.15, 0.2) is 0 Å². The van der Waals surface area contributed by atoms with E-state index in [9.17, 15) is 0 Å². The third-order valence-corrected chi connectivity index (χ3v) is 3.10. The van der Waals surface area contributed by atoms with Crippen molar-refractivity contribution in [1.29, 1.82) is 10.8 Å². The molecule has 0 aliphatic rings. The van der Waals surface area contributed by atoms with Crippen molar-refractivity contribution >= 4 is 11.4 Å². The van der Waals surface area contributed by atoms with Crippen LogP contribution >= 0.6 is 0 Å². The van der Waals surface area contributed by atoms with E-state index in [2.05, 4.69) is 9.97 Å². The summed E-state index contributed by atoms with van der Waals surface area (Å²) in [5.41, 5.74) is 3.24. The van der Waals surface area contributed by atoms with Gasteiger partial charge < -0.3 is 25.8 Å². The fourth-order valence-electron chi connectivity index (χ4n) is 1.83. The minimum Gasteiger partial charge on any atom is -0.481 e. The molecular formula is C19H28N4O3. The summed E-state index contributed by atoms with van der Waals surface area (Å²) in [6.45, 7) is 3.61. The Bertz CT molecular complexity index is 690. The summed E-state index contributed by atoms with van der Waals surface area (Å²) in [5.74, 6) is 0.550. The molecule has 0 aliphatic heterocycles. The van der Waals surface area contributed by atoms with Crippen LogP contribution in [0, 0.1) is 10.8 Å². The van der Waals surface area contributed by atoms with Crippen molar-refractivity contribution in [3.05, 3.63) is 53.5 Å². The number of aryl methyl sites for hydroxylation is 1. The second-order valence-electron chi connectivity index (χ2n) is 5.16. The van der Waals surface area contributed by atoms with E-state index in [0.29, 0.717) is 23.0 Å². The van der Waals surface area contributed by atoms with Crippen LogP contribution in [0.3, 0.4) is 0 Å². The lowest BCUT2D eigenvalue weighted by atomic mass is 10.2. The minimum atomic E-state index is 0.190. The molecule has 0 aliphatic carbocycles. The van der Waals surface area contributed by atoms with Crippen LogP contribution in [0.2, 0.25) is 0 Å². The molecule has 0 bridgehead atoms. The van der Waals surface area contributed by atoms with E-state index in [0.717, 1.165) is 31.3 Å². The van der Waals surface area contributed by atoms with Crippen molar-refractivity contribution in [2.75, 3.05) is 20.8 Å². The van der Waals surface area contributed by atoms with Gasteiger partial charge in [-0.1, -0.05) is 12.1 Å². The maximum absolute atomic E-state index is 8.64. The van der Waals surface area contributed by atoms with Crippen molar-refractivity contribution in [1.82, 2.24) is 9.97 Å². The average molecular weight is 360 g/mol. The van der Waals surface area contributed by atoms with E-state index in [4.69, 9.17) is 25.8 Å². The standard InChI is InChI=1S/C10H14N2O.C8H10N2O.CH4O/c1-8(11)10-6-2-4-9(12-10)5-3-7-13;1-6(9)7-4-3-5-8(10-7)11-2;1-2/h2,4,6,11,13H,3,5,7H2,1H3;3-5,9H,1-2H3;2H,1H3. The van der Waals surface area contributed by atoms with Gasteiger partial charge in [0, 0.05) is 25.5 Å². The second kappa shape index (κ2) is 13.6. The molecule has 7 nitrogen and oxygen atoms in total. The lowest BCUT2D eigenvalue weighted by Gasteiger charge is -2.01. The zero-order valence-corrected chi connectivity index (χ0v) is 15.8. The Morgan fingerprint density at radius 2 is 1.50 bits per heavy atom. The number of hydrogen-bond donors (Lipinski definition) is 4. The number of pyridine rings is 2. The molecule has 4 N–H and O–H groups in total. The van der Waals surface area contributed by atoms with Crippen molar-refractivity contribution in [2.45, 2.75) is 26.7 Å². The molecule has 2 rings (SSSR count). The third-order valence-electron chi connectivity index (χ3n) is 3.10. The van der Waals surface area contributed by atoms with Crippen molar-refractivity contribution < 1.29 is 14.9 Å². The van der Waals surface area contributed by atoms with Gasteiger partial charge in [0.2, 0.25) is 5.88 Å². The van der Waals surface area contributed by atoms with Gasteiger partial charge in [0.05, 0.1) is 29.9 Å². The fourth-order valence-corrected chi connectivity index (χ4v) is 1.83. The summed E-state index contributed by atoms with van der Waals surface area (Å²) in [7, 11) is 2.56. The summed E-state index contributed by atoms with van der Waals surface area (Å²) in [4.78, 5) is 8.32. The van der Waals surface area contributed by atoms with Gasteiger partial charge >= 0.3 is 0 Å². The first-order valence-corrected chi connectivity index (χ1v) is 8.11. The molecule has 7 heteroatoms. The highest BCUT2D eigenvalue weighted by Gasteiger charge is 1.99. The van der Waals surface area contributed by atoms with Gasteiger partial charge in [-0.25, -0.2) is 4.98 Å². The highest BCUT2D eigenvalue weighted by Crippen LogP contribution is 2.06. The largest absolute Gasteiger partial charge is 0.481 e. The van der Waals surface area contributed by atoms with Crippen LogP contribution in [-0.4, -0.2) is 52.4 Å². The first kappa shape index (κ1) is 23.4. The number of hydrogen-bond acceptors (Lipinski definition) is 7. The van der Waals surface area contributed by atoms with Crippen LogP contribution in [0.5, 0.6) is 5.88 Å². The summed E-state index contributed by atoms with van der Waals surface area (Å²) in [5, 5.41) is 30.3. The van der Waals surface area contributed by atoms with Gasteiger partial charge in [-0.15, -0.1) is 0 Å². The smallest absolute Gasteiger partial charge is 0.213 e. The highest BCUT2D eigenvalue weighted by molar-refractivity contribution is 5.94. The van der Waals surface area contributed by atoms with E-state index >= 15 is 0 Å². The molecule has 0 unspecified atom stereocenters. The molecule has 26 heavy (non-hydrogen) atoms. The van der Waals surface area contributed by atoms with Gasteiger partial charge in [-0.05, 0) is 44.9 Å². The Balaban J connectivity index is 0.000000444. The molecule has 0 radical (unpaired) electrons. The van der Waals surface area contributed by atoms with E-state index in [-0.39, 0.29) is 6.61 Å². The molecule has 0 saturated heterocycles. The quantitative estimate of drug-likeness (QED) is 0.589. The van der Waals surface area contributed by atoms with Crippen LogP contribution < -0.4 is 4.74 Å². The van der Waals surface area contributed by atoms with Crippen LogP contribution in [0.25, 0.3) is 0 Å². The van der Waals surface area contributed by atoms with Crippen molar-refractivity contribution in [3.63, 3.8) is 0 Å². The third kappa shape index (κ3) is 9.00. The molecule has 2 heterocycles. The fraction of sp³-hybridized carbons (Fsp3) is 0.368. The number of nitrogens with one attached hydrogen (secondary N) is 2. The number of rotatable bonds is 6. The second-order valence-corrected chi connectivity index (χ2v) is 5.16.